The molecule has 374 valence electrons. The summed E-state index contributed by atoms with van der Waals surface area (Å²) >= 11 is 0. The Bertz CT molecular complexity index is 939. The van der Waals surface area contributed by atoms with E-state index >= 15 is 0 Å². The maximum Gasteiger partial charge on any atom is 0.305 e. The van der Waals surface area contributed by atoms with Gasteiger partial charge in [-0.25, -0.2) is 0 Å². The number of carbonyl (C=O) groups excluding carboxylic acids is 2. The minimum atomic E-state index is -0.667. The zero-order valence-electron chi connectivity index (χ0n) is 42.6. The molecule has 0 radical (unpaired) electrons. The lowest BCUT2D eigenvalue weighted by atomic mass is 10.0. The summed E-state index contributed by atoms with van der Waals surface area (Å²) < 4.78 is 5.45. The SMILES string of the molecule is CCCC/C=C\CCCCCCCC(=O)OCCCCCCCCCCCCCCCCCCCC(=O)NC(CO)C(O)CCCCCCCCCCCCCCCCCCCC. The second kappa shape index (κ2) is 53.2. The van der Waals surface area contributed by atoms with Gasteiger partial charge in [-0.1, -0.05) is 270 Å². The van der Waals surface area contributed by atoms with E-state index in [0.717, 1.165) is 44.9 Å². The molecule has 6 nitrogen and oxygen atoms in total. The van der Waals surface area contributed by atoms with Crippen LogP contribution in [-0.2, 0) is 14.3 Å². The number of amides is 1. The van der Waals surface area contributed by atoms with Gasteiger partial charge in [0.25, 0.3) is 0 Å². The van der Waals surface area contributed by atoms with Crippen molar-refractivity contribution in [2.24, 2.45) is 0 Å². The molecule has 0 spiro atoms. The quantitative estimate of drug-likeness (QED) is 0.0321. The van der Waals surface area contributed by atoms with Crippen molar-refractivity contribution in [3.63, 3.8) is 0 Å². The number of hydrogen-bond acceptors (Lipinski definition) is 5. The first kappa shape index (κ1) is 61.6. The molecule has 3 N–H and O–H groups in total. The predicted octanol–water partition coefficient (Wildman–Crippen LogP) is 17.3. The molecule has 0 aliphatic rings. The molecule has 6 heteroatoms. The third kappa shape index (κ3) is 49.9. The maximum absolute atomic E-state index is 12.5. The molecule has 63 heavy (non-hydrogen) atoms. The number of ether oxygens (including phenoxy) is 1. The van der Waals surface area contributed by atoms with E-state index < -0.39 is 12.1 Å². The highest BCUT2D eigenvalue weighted by molar-refractivity contribution is 5.76. The molecule has 0 aliphatic carbocycles. The van der Waals surface area contributed by atoms with E-state index in [0.29, 0.717) is 25.9 Å². The summed E-state index contributed by atoms with van der Waals surface area (Å²) in [5, 5.41) is 23.3. The number of aliphatic hydroxyl groups is 2. The van der Waals surface area contributed by atoms with Crippen LogP contribution in [0.2, 0.25) is 0 Å². The van der Waals surface area contributed by atoms with Gasteiger partial charge in [-0.15, -0.1) is 0 Å². The first-order valence-electron chi connectivity index (χ1n) is 28.4. The minimum Gasteiger partial charge on any atom is -0.466 e. The Morgan fingerprint density at radius 1 is 0.429 bits per heavy atom. The van der Waals surface area contributed by atoms with Crippen molar-refractivity contribution >= 4 is 11.9 Å². The Balaban J connectivity index is 3.42. The van der Waals surface area contributed by atoms with Gasteiger partial charge in [-0.3, -0.25) is 9.59 Å². The fourth-order valence-electron chi connectivity index (χ4n) is 8.92. The predicted molar refractivity (Wildman–Crippen MR) is 273 cm³/mol. The number of aliphatic hydroxyl groups excluding tert-OH is 2. The number of carbonyl (C=O) groups is 2. The molecule has 0 aromatic carbocycles. The second-order valence-corrected chi connectivity index (χ2v) is 19.6. The number of allylic oxidation sites excluding steroid dienone is 2. The molecule has 0 saturated heterocycles. The first-order chi connectivity index (χ1) is 31.0. The molecule has 2 atom stereocenters. The highest BCUT2D eigenvalue weighted by atomic mass is 16.5. The Hall–Kier alpha value is -1.40. The van der Waals surface area contributed by atoms with Crippen molar-refractivity contribution in [2.75, 3.05) is 13.2 Å². The fourth-order valence-corrected chi connectivity index (χ4v) is 8.92. The Kier molecular flexibility index (Phi) is 52.0. The van der Waals surface area contributed by atoms with Crippen LogP contribution in [0.25, 0.3) is 0 Å². The number of rotatable bonds is 53. The molecule has 0 aromatic rings. The van der Waals surface area contributed by atoms with Gasteiger partial charge >= 0.3 is 5.97 Å². The fraction of sp³-hybridized carbons (Fsp3) is 0.930. The third-order valence-corrected chi connectivity index (χ3v) is 13.3. The molecule has 0 saturated carbocycles. The van der Waals surface area contributed by atoms with Gasteiger partial charge in [-0.05, 0) is 44.9 Å². The number of esters is 1. The number of nitrogens with one attached hydrogen (secondary N) is 1. The molecule has 0 bridgehead atoms. The largest absolute Gasteiger partial charge is 0.466 e. The molecule has 0 fully saturated rings. The van der Waals surface area contributed by atoms with E-state index in [2.05, 4.69) is 31.3 Å². The van der Waals surface area contributed by atoms with Crippen molar-refractivity contribution in [3.8, 4) is 0 Å². The standard InChI is InChI=1S/C57H111NO5/c1-3-5-7-9-11-13-15-16-17-18-20-23-26-30-33-37-41-45-49-55(60)54(53-59)58-56(61)50-46-42-38-34-31-27-24-21-19-22-25-28-32-36-40-44-48-52-63-57(62)51-47-43-39-35-29-14-12-10-8-6-4-2/h10,12,54-55,59-60H,3-9,11,13-53H2,1-2H3,(H,58,61)/b12-10-. The summed E-state index contributed by atoms with van der Waals surface area (Å²) in [4.78, 5) is 24.5. The van der Waals surface area contributed by atoms with Crippen molar-refractivity contribution < 1.29 is 24.5 Å². The van der Waals surface area contributed by atoms with Gasteiger partial charge in [0.05, 0.1) is 25.4 Å². The lowest BCUT2D eigenvalue weighted by molar-refractivity contribution is -0.143. The van der Waals surface area contributed by atoms with E-state index in [1.54, 1.807) is 0 Å². The van der Waals surface area contributed by atoms with Crippen LogP contribution >= 0.6 is 0 Å². The lowest BCUT2D eigenvalue weighted by Crippen LogP contribution is -2.45. The van der Waals surface area contributed by atoms with Crippen molar-refractivity contribution in [1.82, 2.24) is 5.32 Å². The summed E-state index contributed by atoms with van der Waals surface area (Å²) in [6.45, 7) is 4.92. The number of hydrogen-bond donors (Lipinski definition) is 3. The number of unbranched alkanes of at least 4 members (excludes halogenated alkanes) is 40. The average molecular weight is 891 g/mol. The van der Waals surface area contributed by atoms with Crippen molar-refractivity contribution in [1.29, 1.82) is 0 Å². The van der Waals surface area contributed by atoms with Crippen molar-refractivity contribution in [2.45, 2.75) is 328 Å². The van der Waals surface area contributed by atoms with Crippen LogP contribution in [-0.4, -0.2) is 47.4 Å². The van der Waals surface area contributed by atoms with Gasteiger partial charge in [0.1, 0.15) is 0 Å². The highest BCUT2D eigenvalue weighted by Gasteiger charge is 2.20. The Labute approximate surface area is 393 Å². The first-order valence-corrected chi connectivity index (χ1v) is 28.4. The highest BCUT2D eigenvalue weighted by Crippen LogP contribution is 2.18. The minimum absolute atomic E-state index is 0.00513. The smallest absolute Gasteiger partial charge is 0.305 e. The second-order valence-electron chi connectivity index (χ2n) is 19.6. The van der Waals surface area contributed by atoms with E-state index in [1.807, 2.05) is 0 Å². The zero-order chi connectivity index (χ0) is 45.8. The molecule has 0 aromatic heterocycles. The molecule has 2 unspecified atom stereocenters. The average Bonchev–Trinajstić information content (AvgIpc) is 3.28. The van der Waals surface area contributed by atoms with Crippen LogP contribution in [0.15, 0.2) is 12.2 Å². The molecule has 0 heterocycles. The lowest BCUT2D eigenvalue weighted by Gasteiger charge is -2.22. The normalized spacial score (nSPS) is 12.6. The zero-order valence-corrected chi connectivity index (χ0v) is 42.6. The van der Waals surface area contributed by atoms with Crippen LogP contribution < -0.4 is 5.32 Å². The summed E-state index contributed by atoms with van der Waals surface area (Å²) in [6, 6.07) is -0.545. The summed E-state index contributed by atoms with van der Waals surface area (Å²) in [6.07, 6.45) is 61.9. The third-order valence-electron chi connectivity index (χ3n) is 13.3. The topological polar surface area (TPSA) is 95.9 Å². The monoisotopic (exact) mass is 890 g/mol. The summed E-state index contributed by atoms with van der Waals surface area (Å²) in [5.41, 5.74) is 0. The van der Waals surface area contributed by atoms with Gasteiger partial charge in [0.15, 0.2) is 0 Å². The van der Waals surface area contributed by atoms with Crippen LogP contribution in [0.5, 0.6) is 0 Å². The Morgan fingerprint density at radius 2 is 0.762 bits per heavy atom. The van der Waals surface area contributed by atoms with Crippen molar-refractivity contribution in [3.05, 3.63) is 12.2 Å². The van der Waals surface area contributed by atoms with Crippen LogP contribution in [0, 0.1) is 0 Å². The summed E-state index contributed by atoms with van der Waals surface area (Å²) in [7, 11) is 0. The van der Waals surface area contributed by atoms with E-state index in [-0.39, 0.29) is 18.5 Å². The van der Waals surface area contributed by atoms with E-state index in [9.17, 15) is 19.8 Å². The molecule has 1 amide bonds. The van der Waals surface area contributed by atoms with Crippen LogP contribution in [0.4, 0.5) is 0 Å². The summed E-state index contributed by atoms with van der Waals surface area (Å²) in [5.74, 6) is -0.0429. The van der Waals surface area contributed by atoms with Gasteiger partial charge < -0.3 is 20.3 Å². The molecular formula is C57H111NO5. The van der Waals surface area contributed by atoms with Gasteiger partial charge in [-0.2, -0.15) is 0 Å². The van der Waals surface area contributed by atoms with E-state index in [1.165, 1.54) is 238 Å². The van der Waals surface area contributed by atoms with Crippen LogP contribution in [0.1, 0.15) is 316 Å². The van der Waals surface area contributed by atoms with E-state index in [4.69, 9.17) is 4.74 Å². The van der Waals surface area contributed by atoms with Crippen LogP contribution in [0.3, 0.4) is 0 Å². The molecular weight excluding hydrogens is 779 g/mol. The Morgan fingerprint density at radius 3 is 1.17 bits per heavy atom. The van der Waals surface area contributed by atoms with Gasteiger partial charge in [0, 0.05) is 12.8 Å². The van der Waals surface area contributed by atoms with Gasteiger partial charge in [0.2, 0.25) is 5.91 Å². The molecule has 0 aliphatic heterocycles. The maximum atomic E-state index is 12.5. The molecule has 0 rings (SSSR count).